The number of pyridine rings is 1. The lowest BCUT2D eigenvalue weighted by atomic mass is 10.2. The molecule has 0 atom stereocenters. The molecule has 0 aromatic carbocycles. The fraction of sp³-hybridized carbons (Fsp3) is 0.250. The van der Waals surface area contributed by atoms with Gasteiger partial charge in [-0.2, -0.15) is 5.10 Å². The Morgan fingerprint density at radius 2 is 2.00 bits per heavy atom. The van der Waals surface area contributed by atoms with Crippen LogP contribution >= 0.6 is 0 Å². The molecule has 0 aliphatic carbocycles. The number of nitrogens with one attached hydrogen (secondary N) is 1. The van der Waals surface area contributed by atoms with E-state index in [1.807, 2.05) is 0 Å². The van der Waals surface area contributed by atoms with Gasteiger partial charge in [0.1, 0.15) is 5.71 Å². The van der Waals surface area contributed by atoms with Crippen LogP contribution < -0.4 is 5.43 Å². The van der Waals surface area contributed by atoms with Crippen LogP contribution in [0.3, 0.4) is 0 Å². The summed E-state index contributed by atoms with van der Waals surface area (Å²) in [6.07, 6.45) is 0.784. The van der Waals surface area contributed by atoms with Gasteiger partial charge in [-0.1, -0.05) is 0 Å². The number of aryl methyl sites for hydroxylation is 1. The summed E-state index contributed by atoms with van der Waals surface area (Å²) >= 11 is 0. The molecule has 20 heavy (non-hydrogen) atoms. The van der Waals surface area contributed by atoms with E-state index in [1.54, 1.807) is 6.92 Å². The third kappa shape index (κ3) is 4.84. The number of aromatic nitrogens is 1. The summed E-state index contributed by atoms with van der Waals surface area (Å²) in [5, 5.41) is 20.8. The van der Waals surface area contributed by atoms with Crippen molar-refractivity contribution in [2.24, 2.45) is 5.10 Å². The van der Waals surface area contributed by atoms with Crippen LogP contribution in [-0.4, -0.2) is 38.8 Å². The van der Waals surface area contributed by atoms with Crippen molar-refractivity contribution >= 4 is 23.6 Å². The molecule has 1 heterocycles. The molecule has 0 saturated carbocycles. The largest absolute Gasteiger partial charge is 0.481 e. The molecule has 0 saturated heterocycles. The monoisotopic (exact) mass is 279 g/mol. The van der Waals surface area contributed by atoms with Crippen molar-refractivity contribution in [3.8, 4) is 0 Å². The lowest BCUT2D eigenvalue weighted by Gasteiger charge is -2.03. The van der Waals surface area contributed by atoms with Gasteiger partial charge in [0, 0.05) is 23.9 Å². The van der Waals surface area contributed by atoms with Gasteiger partial charge in [0.15, 0.2) is 0 Å². The zero-order valence-corrected chi connectivity index (χ0v) is 10.7. The van der Waals surface area contributed by atoms with Crippen LogP contribution in [0.1, 0.15) is 28.9 Å². The minimum atomic E-state index is -1.38. The Labute approximate surface area is 114 Å². The Morgan fingerprint density at radius 3 is 2.55 bits per heavy atom. The number of hydrogen-bond donors (Lipinski definition) is 3. The topological polar surface area (TPSA) is 129 Å². The molecule has 0 spiro atoms. The highest BCUT2D eigenvalue weighted by atomic mass is 16.4. The molecular formula is C12H13N3O5. The van der Waals surface area contributed by atoms with Crippen LogP contribution in [0.4, 0.5) is 0 Å². The van der Waals surface area contributed by atoms with Gasteiger partial charge in [-0.25, -0.2) is 10.2 Å². The Bertz CT molecular complexity index is 568. The Balaban J connectivity index is 2.74. The van der Waals surface area contributed by atoms with Crippen molar-refractivity contribution in [3.05, 3.63) is 29.6 Å². The van der Waals surface area contributed by atoms with E-state index in [0.29, 0.717) is 5.69 Å². The van der Waals surface area contributed by atoms with Gasteiger partial charge in [0.2, 0.25) is 0 Å². The third-order valence-corrected chi connectivity index (χ3v) is 2.27. The highest BCUT2D eigenvalue weighted by Crippen LogP contribution is 2.01. The lowest BCUT2D eigenvalue weighted by molar-refractivity contribution is -0.136. The maximum absolute atomic E-state index is 11.7. The number of carboxylic acids is 2. The normalized spacial score (nSPS) is 10.9. The maximum Gasteiger partial charge on any atom is 0.352 e. The van der Waals surface area contributed by atoms with E-state index >= 15 is 0 Å². The second-order valence-electron chi connectivity index (χ2n) is 3.88. The van der Waals surface area contributed by atoms with E-state index in [9.17, 15) is 14.4 Å². The maximum atomic E-state index is 11.7. The summed E-state index contributed by atoms with van der Waals surface area (Å²) in [4.78, 5) is 36.8. The van der Waals surface area contributed by atoms with Crippen molar-refractivity contribution in [3.63, 3.8) is 0 Å². The first-order chi connectivity index (χ1) is 9.40. The van der Waals surface area contributed by atoms with E-state index in [0.717, 1.165) is 0 Å². The first-order valence-corrected chi connectivity index (χ1v) is 5.65. The van der Waals surface area contributed by atoms with Crippen LogP contribution in [-0.2, 0) is 9.59 Å². The SMILES string of the molecule is Cc1cc(C(=O)NN=C(CCC(=O)O)C(=O)O)ccn1. The van der Waals surface area contributed by atoms with Gasteiger partial charge in [0.05, 0.1) is 6.42 Å². The van der Waals surface area contributed by atoms with E-state index in [2.05, 4.69) is 15.5 Å². The number of hydrogen-bond acceptors (Lipinski definition) is 5. The van der Waals surface area contributed by atoms with Crippen LogP contribution in [0.15, 0.2) is 23.4 Å². The predicted molar refractivity (Wildman–Crippen MR) is 68.4 cm³/mol. The molecule has 106 valence electrons. The van der Waals surface area contributed by atoms with E-state index in [4.69, 9.17) is 10.2 Å². The summed E-state index contributed by atoms with van der Waals surface area (Å²) < 4.78 is 0. The van der Waals surface area contributed by atoms with E-state index < -0.39 is 23.6 Å². The van der Waals surface area contributed by atoms with Gasteiger partial charge in [0.25, 0.3) is 5.91 Å². The van der Waals surface area contributed by atoms with Gasteiger partial charge < -0.3 is 10.2 Å². The second-order valence-corrected chi connectivity index (χ2v) is 3.88. The molecule has 0 unspecified atom stereocenters. The Kier molecular flexibility index (Phi) is 5.33. The molecular weight excluding hydrogens is 266 g/mol. The Morgan fingerprint density at radius 1 is 1.30 bits per heavy atom. The molecule has 0 aliphatic heterocycles. The van der Waals surface area contributed by atoms with Crippen molar-refractivity contribution in [1.29, 1.82) is 0 Å². The minimum Gasteiger partial charge on any atom is -0.481 e. The quantitative estimate of drug-likeness (QED) is 0.511. The van der Waals surface area contributed by atoms with Gasteiger partial charge in [-0.05, 0) is 19.1 Å². The summed E-state index contributed by atoms with van der Waals surface area (Å²) in [7, 11) is 0. The number of amides is 1. The molecule has 0 fully saturated rings. The standard InChI is InChI=1S/C12H13N3O5/c1-7-6-8(4-5-13-7)11(18)15-14-9(12(19)20)2-3-10(16)17/h4-6H,2-3H2,1H3,(H,15,18)(H,16,17)(H,19,20). The Hall–Kier alpha value is -2.77. The fourth-order valence-electron chi connectivity index (χ4n) is 1.31. The molecule has 1 rings (SSSR count). The van der Waals surface area contributed by atoms with E-state index in [1.165, 1.54) is 18.3 Å². The number of hydrazone groups is 1. The first kappa shape index (κ1) is 15.3. The zero-order chi connectivity index (χ0) is 15.1. The van der Waals surface area contributed by atoms with Crippen LogP contribution in [0, 0.1) is 6.92 Å². The van der Waals surface area contributed by atoms with Gasteiger partial charge in [-0.3, -0.25) is 14.6 Å². The molecule has 8 nitrogen and oxygen atoms in total. The predicted octanol–water partition coefficient (Wildman–Crippen LogP) is 0.425. The van der Waals surface area contributed by atoms with Crippen LogP contribution in [0.5, 0.6) is 0 Å². The molecule has 0 aliphatic rings. The molecule has 3 N–H and O–H groups in total. The van der Waals surface area contributed by atoms with Crippen molar-refractivity contribution in [2.75, 3.05) is 0 Å². The van der Waals surface area contributed by atoms with Crippen molar-refractivity contribution < 1.29 is 24.6 Å². The highest BCUT2D eigenvalue weighted by molar-refractivity contribution is 6.35. The van der Waals surface area contributed by atoms with Gasteiger partial charge in [-0.15, -0.1) is 0 Å². The van der Waals surface area contributed by atoms with Gasteiger partial charge >= 0.3 is 11.9 Å². The number of nitrogens with zero attached hydrogens (tertiary/aromatic N) is 2. The number of carboxylic acid groups (broad SMARTS) is 2. The van der Waals surface area contributed by atoms with Crippen molar-refractivity contribution in [1.82, 2.24) is 10.4 Å². The van der Waals surface area contributed by atoms with E-state index in [-0.39, 0.29) is 18.4 Å². The number of carbonyl (C=O) groups is 3. The summed E-state index contributed by atoms with van der Waals surface area (Å²) in [5.41, 5.74) is 2.57. The number of aliphatic carboxylic acids is 2. The summed E-state index contributed by atoms with van der Waals surface area (Å²) in [6, 6.07) is 2.97. The number of carbonyl (C=O) groups excluding carboxylic acids is 1. The second kappa shape index (κ2) is 6.98. The average molecular weight is 279 g/mol. The molecule has 0 bridgehead atoms. The lowest BCUT2D eigenvalue weighted by Crippen LogP contribution is -2.24. The zero-order valence-electron chi connectivity index (χ0n) is 10.7. The average Bonchev–Trinajstić information content (AvgIpc) is 2.37. The molecule has 1 aromatic rings. The van der Waals surface area contributed by atoms with Crippen LogP contribution in [0.2, 0.25) is 0 Å². The molecule has 8 heteroatoms. The molecule has 1 amide bonds. The third-order valence-electron chi connectivity index (χ3n) is 2.27. The fourth-order valence-corrected chi connectivity index (χ4v) is 1.31. The summed E-state index contributed by atoms with van der Waals surface area (Å²) in [5.74, 6) is -3.11. The highest BCUT2D eigenvalue weighted by Gasteiger charge is 2.13. The van der Waals surface area contributed by atoms with Crippen LogP contribution in [0.25, 0.3) is 0 Å². The number of rotatable bonds is 6. The minimum absolute atomic E-state index is 0.277. The van der Waals surface area contributed by atoms with Crippen molar-refractivity contribution in [2.45, 2.75) is 19.8 Å². The smallest absolute Gasteiger partial charge is 0.352 e. The molecule has 0 radical (unpaired) electrons. The summed E-state index contributed by atoms with van der Waals surface area (Å²) in [6.45, 7) is 1.70. The first-order valence-electron chi connectivity index (χ1n) is 5.65. The molecule has 1 aromatic heterocycles.